The van der Waals surface area contributed by atoms with Gasteiger partial charge in [0, 0.05) is 24.8 Å². The second-order valence-electron chi connectivity index (χ2n) is 2.37. The first-order valence-electron chi connectivity index (χ1n) is 4.27. The molecule has 0 atom stereocenters. The molecular formula is C10H10I4N2Re. The summed E-state index contributed by atoms with van der Waals surface area (Å²) in [6, 6.07) is 11.4. The van der Waals surface area contributed by atoms with Crippen LogP contribution in [0, 0.1) is 0 Å². The van der Waals surface area contributed by atoms with Crippen molar-refractivity contribution in [3.05, 3.63) is 61.2 Å². The molecule has 0 aromatic carbocycles. The molecule has 0 bridgehead atoms. The second-order valence-corrected chi connectivity index (χ2v) is 121. The van der Waals surface area contributed by atoms with Gasteiger partial charge in [-0.05, 0) is 24.3 Å². The Balaban J connectivity index is 0.000000228. The molecule has 95 valence electrons. The molecule has 17 heavy (non-hydrogen) atoms. The second kappa shape index (κ2) is 12.9. The van der Waals surface area contributed by atoms with E-state index in [1.807, 2.05) is 36.4 Å². The standard InChI is InChI=1S/2C5H5N.4HI.Re/c2*1-2-4-6-5-3-1;;;;;/h2*1-5H;4*1H;/q;;;;;;+4/p-4. The van der Waals surface area contributed by atoms with Crippen LogP contribution in [0.15, 0.2) is 61.2 Å². The summed E-state index contributed by atoms with van der Waals surface area (Å²) < 4.78 is -1.23. The van der Waals surface area contributed by atoms with Crippen molar-refractivity contribution in [1.29, 1.82) is 0 Å². The molecule has 0 aliphatic carbocycles. The summed E-state index contributed by atoms with van der Waals surface area (Å²) in [5, 5.41) is 0. The summed E-state index contributed by atoms with van der Waals surface area (Å²) in [4.78, 5) is 7.57. The van der Waals surface area contributed by atoms with E-state index < -0.39 is 1.08 Å². The quantitative estimate of drug-likeness (QED) is 0.318. The molecule has 2 rings (SSSR count). The number of halogens is 4. The third-order valence-electron chi connectivity index (χ3n) is 1.13. The smallest absolute Gasteiger partial charge is 0.0267 e. The van der Waals surface area contributed by atoms with Crippen molar-refractivity contribution in [3.63, 3.8) is 0 Å². The normalized spacial score (nSPS) is 10.1. The number of pyridine rings is 2. The Morgan fingerprint density at radius 2 is 0.765 bits per heavy atom. The Morgan fingerprint density at radius 3 is 0.824 bits per heavy atom. The zero-order chi connectivity index (χ0) is 13.0. The van der Waals surface area contributed by atoms with Gasteiger partial charge in [0.25, 0.3) is 0 Å². The van der Waals surface area contributed by atoms with Gasteiger partial charge in [-0.25, -0.2) is 0 Å². The van der Waals surface area contributed by atoms with E-state index in [2.05, 4.69) is 88.0 Å². The molecule has 0 radical (unpaired) electrons. The molecule has 0 unspecified atom stereocenters. The number of nitrogens with zero attached hydrogens (tertiary/aromatic N) is 2. The Kier molecular flexibility index (Phi) is 14.3. The zero-order valence-electron chi connectivity index (χ0n) is 8.56. The number of aromatic nitrogens is 2. The minimum Gasteiger partial charge on any atom is -0.265 e. The molecule has 7 heteroatoms. The first-order chi connectivity index (χ1) is 8.00. The van der Waals surface area contributed by atoms with Crippen molar-refractivity contribution in [2.75, 3.05) is 0 Å². The molecule has 0 aliphatic rings. The molecule has 0 fully saturated rings. The van der Waals surface area contributed by atoms with Crippen LogP contribution in [0.1, 0.15) is 0 Å². The fourth-order valence-corrected chi connectivity index (χ4v) is 0.625. The fourth-order valence-electron chi connectivity index (χ4n) is 0.625. The molecule has 0 saturated heterocycles. The van der Waals surface area contributed by atoms with Crippen LogP contribution in [-0.4, -0.2) is 9.97 Å². The first kappa shape index (κ1) is 18.9. The minimum absolute atomic E-state index is 1.23. The van der Waals surface area contributed by atoms with E-state index in [1.54, 1.807) is 24.8 Å². The van der Waals surface area contributed by atoms with Gasteiger partial charge in [0.05, 0.1) is 0 Å². The Morgan fingerprint density at radius 1 is 0.529 bits per heavy atom. The predicted molar refractivity (Wildman–Crippen MR) is 105 cm³/mol. The van der Waals surface area contributed by atoms with Crippen LogP contribution in [0.3, 0.4) is 0 Å². The number of hydrogen-bond acceptors (Lipinski definition) is 2. The third kappa shape index (κ3) is 23.4. The molecule has 0 amide bonds. The van der Waals surface area contributed by atoms with E-state index in [-0.39, 0.29) is 0 Å². The van der Waals surface area contributed by atoms with Crippen LogP contribution in [0.25, 0.3) is 0 Å². The maximum atomic E-state index is 3.78. The molecule has 2 nitrogen and oxygen atoms in total. The largest absolute Gasteiger partial charge is 0.265 e. The minimum atomic E-state index is -1.23. The molecular weight excluding hydrogens is 842 g/mol. The topological polar surface area (TPSA) is 25.8 Å². The molecule has 2 aromatic heterocycles. The zero-order valence-corrected chi connectivity index (χ0v) is 19.9. The van der Waals surface area contributed by atoms with Crippen LogP contribution in [0.5, 0.6) is 0 Å². The molecule has 0 spiro atoms. The molecule has 2 aromatic rings. The molecule has 0 N–H and O–H groups in total. The number of rotatable bonds is 0. The third-order valence-corrected chi connectivity index (χ3v) is 1.13. The van der Waals surface area contributed by atoms with Crippen molar-refractivity contribution in [2.45, 2.75) is 0 Å². The average Bonchev–Trinajstić information content (AvgIpc) is 2.32. The average molecular weight is 852 g/mol. The van der Waals surface area contributed by atoms with Gasteiger partial charge in [0.15, 0.2) is 0 Å². The van der Waals surface area contributed by atoms with E-state index in [0.717, 1.165) is 0 Å². The van der Waals surface area contributed by atoms with Gasteiger partial charge in [-0.3, -0.25) is 9.97 Å². The molecule has 0 aliphatic heterocycles. The van der Waals surface area contributed by atoms with Crippen LogP contribution in [-0.2, 0) is 1.08 Å². The Bertz CT molecular complexity index is 265. The van der Waals surface area contributed by atoms with Gasteiger partial charge in [0.1, 0.15) is 0 Å². The van der Waals surface area contributed by atoms with Gasteiger partial charge >= 0.3 is 79.1 Å². The number of hydrogen-bond donors (Lipinski definition) is 0. The van der Waals surface area contributed by atoms with Crippen molar-refractivity contribution in [1.82, 2.24) is 9.97 Å². The van der Waals surface area contributed by atoms with Gasteiger partial charge < -0.3 is 0 Å². The summed E-state index contributed by atoms with van der Waals surface area (Å²) in [6.07, 6.45) is 7.00. The van der Waals surface area contributed by atoms with Crippen molar-refractivity contribution in [2.24, 2.45) is 0 Å². The van der Waals surface area contributed by atoms with Crippen LogP contribution in [0.4, 0.5) is 0 Å². The Hall–Kier alpha value is 1.88. The van der Waals surface area contributed by atoms with E-state index in [9.17, 15) is 0 Å². The summed E-state index contributed by atoms with van der Waals surface area (Å²) in [6.45, 7) is 0. The summed E-state index contributed by atoms with van der Waals surface area (Å²) in [5.41, 5.74) is 0. The van der Waals surface area contributed by atoms with Crippen LogP contribution < -0.4 is 0 Å². The predicted octanol–water partition coefficient (Wildman–Crippen LogP) is 5.70. The van der Waals surface area contributed by atoms with E-state index in [0.29, 0.717) is 0 Å². The van der Waals surface area contributed by atoms with Crippen molar-refractivity contribution < 1.29 is 1.08 Å². The van der Waals surface area contributed by atoms with Gasteiger partial charge in [-0.15, -0.1) is 0 Å². The monoisotopic (exact) mass is 853 g/mol. The first-order valence-corrected chi connectivity index (χ1v) is 35.1. The summed E-state index contributed by atoms with van der Waals surface area (Å²) in [5.74, 6) is 0. The fraction of sp³-hybridized carbons (Fsp3) is 0. The summed E-state index contributed by atoms with van der Waals surface area (Å²) >= 11 is 10.2. The van der Waals surface area contributed by atoms with Crippen LogP contribution in [0.2, 0.25) is 0 Å². The van der Waals surface area contributed by atoms with E-state index in [4.69, 9.17) is 0 Å². The SMILES string of the molecule is [I][Re]([I])([I])[I].c1ccncc1.c1ccncc1. The van der Waals surface area contributed by atoms with Gasteiger partial charge in [-0.2, -0.15) is 0 Å². The van der Waals surface area contributed by atoms with Crippen molar-refractivity contribution >= 4 is 78.1 Å². The Labute approximate surface area is 147 Å². The maximum absolute atomic E-state index is 3.78. The maximum Gasteiger partial charge on any atom is 0.0267 e. The van der Waals surface area contributed by atoms with E-state index in [1.165, 1.54) is 0 Å². The van der Waals surface area contributed by atoms with Gasteiger partial charge in [-0.1, -0.05) is 12.1 Å². The van der Waals surface area contributed by atoms with Crippen molar-refractivity contribution in [3.8, 4) is 0 Å². The molecule has 2 heterocycles. The molecule has 0 saturated carbocycles. The van der Waals surface area contributed by atoms with Crippen LogP contribution >= 0.6 is 78.1 Å². The van der Waals surface area contributed by atoms with Gasteiger partial charge in [0.2, 0.25) is 0 Å². The summed E-state index contributed by atoms with van der Waals surface area (Å²) in [7, 11) is 0. The van der Waals surface area contributed by atoms with E-state index >= 15 is 0 Å².